The summed E-state index contributed by atoms with van der Waals surface area (Å²) in [7, 11) is 3.23. The van der Waals surface area contributed by atoms with Gasteiger partial charge in [0.05, 0.1) is 24.3 Å². The summed E-state index contributed by atoms with van der Waals surface area (Å²) >= 11 is 0. The maximum Gasteiger partial charge on any atom is 0.324 e. The zero-order valence-electron chi connectivity index (χ0n) is 38.3. The molecule has 5 atom stereocenters. The molecule has 5 heterocycles. The number of esters is 1. The van der Waals surface area contributed by atoms with Crippen molar-refractivity contribution in [2.45, 2.75) is 91.0 Å². The zero-order valence-corrected chi connectivity index (χ0v) is 38.3. The van der Waals surface area contributed by atoms with Crippen LogP contribution in [0.4, 0.5) is 0 Å². The number of likely N-dealkylation sites (tertiary alicyclic amines) is 1. The van der Waals surface area contributed by atoms with Crippen LogP contribution in [0.25, 0.3) is 33.3 Å². The van der Waals surface area contributed by atoms with Crippen LogP contribution in [0.3, 0.4) is 0 Å². The highest BCUT2D eigenvalue weighted by atomic mass is 16.5. The number of benzene rings is 2. The summed E-state index contributed by atoms with van der Waals surface area (Å²) in [4.78, 5) is 76.9. The molecule has 6 bridgehead atoms. The minimum absolute atomic E-state index is 0.0223. The van der Waals surface area contributed by atoms with Gasteiger partial charge in [-0.2, -0.15) is 0 Å². The minimum Gasteiger partial charge on any atom is -0.508 e. The van der Waals surface area contributed by atoms with Crippen LogP contribution >= 0.6 is 0 Å². The SMILES string of the molecule is C=CC(=O)N1CC[C@H](C(=O)N(C)C(C(=O)N[C@H]2Cc3cc(O)cc(c3)-c3ccc4c(c3)c3c(n4CC)-c4cnccc4[C@@H](OC)C3C(C)(C)COC(=O)[C@@H]3CCCN(N3)C2=O)=C(C)C)C1. The fourth-order valence-corrected chi connectivity index (χ4v) is 10.5. The summed E-state index contributed by atoms with van der Waals surface area (Å²) < 4.78 is 14.9. The first-order valence-corrected chi connectivity index (χ1v) is 22.4. The average Bonchev–Trinajstić information content (AvgIpc) is 3.92. The van der Waals surface area contributed by atoms with Crippen molar-refractivity contribution in [2.24, 2.45) is 11.3 Å². The molecule has 2 fully saturated rings. The molecule has 15 nitrogen and oxygen atoms in total. The van der Waals surface area contributed by atoms with Gasteiger partial charge in [-0.1, -0.05) is 32.6 Å². The summed E-state index contributed by atoms with van der Waals surface area (Å²) in [6, 6.07) is 11.4. The first kappa shape index (κ1) is 45.3. The molecule has 4 amide bonds. The highest BCUT2D eigenvalue weighted by Crippen LogP contribution is 2.57. The van der Waals surface area contributed by atoms with E-state index < -0.39 is 47.3 Å². The molecule has 4 aliphatic rings. The molecule has 3 N–H and O–H groups in total. The van der Waals surface area contributed by atoms with Crippen LogP contribution in [0.15, 0.2) is 78.8 Å². The molecule has 8 rings (SSSR count). The lowest BCUT2D eigenvalue weighted by atomic mass is 9.66. The van der Waals surface area contributed by atoms with Gasteiger partial charge in [-0.15, -0.1) is 0 Å². The van der Waals surface area contributed by atoms with E-state index in [4.69, 9.17) is 9.47 Å². The van der Waals surface area contributed by atoms with Crippen LogP contribution < -0.4 is 10.7 Å². The van der Waals surface area contributed by atoms with Crippen LogP contribution in [0.5, 0.6) is 5.75 Å². The molecule has 4 aromatic rings. The number of carbonyl (C=O) groups is 5. The van der Waals surface area contributed by atoms with Crippen LogP contribution in [0.2, 0.25) is 0 Å². The Morgan fingerprint density at radius 3 is 2.60 bits per heavy atom. The van der Waals surface area contributed by atoms with Crippen LogP contribution in [-0.2, 0) is 46.4 Å². The summed E-state index contributed by atoms with van der Waals surface area (Å²) in [5, 5.41) is 16.6. The second-order valence-corrected chi connectivity index (χ2v) is 18.6. The lowest BCUT2D eigenvalue weighted by Gasteiger charge is -2.43. The number of amides is 4. The molecule has 0 spiro atoms. The molecule has 3 aliphatic heterocycles. The second kappa shape index (κ2) is 17.9. The number of hydrogen-bond acceptors (Lipinski definition) is 10. The Kier molecular flexibility index (Phi) is 12.5. The third kappa shape index (κ3) is 8.31. The number of phenols is 1. The van der Waals surface area contributed by atoms with Crippen LogP contribution in [0.1, 0.15) is 82.6 Å². The summed E-state index contributed by atoms with van der Waals surface area (Å²) in [5.74, 6) is -3.07. The standard InChI is InChI=1S/C50H59N7O8/c1-9-40(59)55-19-16-31(26-55)47(61)54(7)43(28(3)4)46(60)52-38-22-29-20-32(23-33(58)21-29)30-13-14-39-35(24-30)41-42(45(64-8)34-15-17-51-25-36(34)44(41)56(39)10-2)50(5,6)27-65-49(63)37-12-11-18-57(53-37)48(38)62/h9,13-15,17,20-21,23-25,31,37-38,42,45,53,58H,1,10-12,16,18-19,22,26-27H2,2-8H3,(H,52,60)/t31-,37-,38-,42?,45+/m0/s1. The van der Waals surface area contributed by atoms with E-state index in [1.54, 1.807) is 44.2 Å². The number of aromatic nitrogens is 2. The molecule has 342 valence electrons. The number of allylic oxidation sites excluding steroid dienone is 1. The number of aromatic hydroxyl groups is 1. The Hall–Kier alpha value is -6.32. The van der Waals surface area contributed by atoms with Gasteiger partial charge in [-0.3, -0.25) is 34.0 Å². The third-order valence-corrected chi connectivity index (χ3v) is 13.6. The molecule has 65 heavy (non-hydrogen) atoms. The van der Waals surface area contributed by atoms with Gasteiger partial charge < -0.3 is 34.3 Å². The number of phenolic OH excluding ortho intramolecular Hbond substituents is 1. The highest BCUT2D eigenvalue weighted by Gasteiger charge is 2.47. The van der Waals surface area contributed by atoms with E-state index >= 15 is 0 Å². The first-order valence-electron chi connectivity index (χ1n) is 22.4. The van der Waals surface area contributed by atoms with Crippen LogP contribution in [0, 0.1) is 11.3 Å². The van der Waals surface area contributed by atoms with E-state index in [2.05, 4.69) is 59.8 Å². The quantitative estimate of drug-likeness (QED) is 0.153. The van der Waals surface area contributed by atoms with Crippen molar-refractivity contribution >= 4 is 40.5 Å². The van der Waals surface area contributed by atoms with Crippen LogP contribution in [-0.4, -0.2) is 112 Å². The van der Waals surface area contributed by atoms with Gasteiger partial charge in [-0.05, 0) is 110 Å². The molecular weight excluding hydrogens is 827 g/mol. The van der Waals surface area contributed by atoms with Gasteiger partial charge in [0.1, 0.15) is 23.5 Å². The number of hydrogen-bond donors (Lipinski definition) is 3. The number of fused-ring (bicyclic) bond motifs is 8. The Morgan fingerprint density at radius 2 is 1.88 bits per heavy atom. The largest absolute Gasteiger partial charge is 0.508 e. The van der Waals surface area contributed by atoms with Gasteiger partial charge in [-0.25, -0.2) is 5.43 Å². The van der Waals surface area contributed by atoms with E-state index in [9.17, 15) is 29.1 Å². The second-order valence-electron chi connectivity index (χ2n) is 18.6. The molecule has 0 saturated carbocycles. The highest BCUT2D eigenvalue weighted by molar-refractivity contribution is 6.01. The summed E-state index contributed by atoms with van der Waals surface area (Å²) in [5.41, 5.74) is 10.2. The van der Waals surface area contributed by atoms with Crippen molar-refractivity contribution in [2.75, 3.05) is 40.4 Å². The Labute approximate surface area is 379 Å². The van der Waals surface area contributed by atoms with E-state index in [-0.39, 0.29) is 55.3 Å². The van der Waals surface area contributed by atoms with Crippen molar-refractivity contribution in [1.82, 2.24) is 35.1 Å². The number of hydrazine groups is 1. The van der Waals surface area contributed by atoms with Gasteiger partial charge in [0, 0.05) is 87.0 Å². The fraction of sp³-hybridized carbons (Fsp3) is 0.440. The number of pyridine rings is 1. The van der Waals surface area contributed by atoms with Crippen molar-refractivity contribution in [3.63, 3.8) is 0 Å². The lowest BCUT2D eigenvalue weighted by molar-refractivity contribution is -0.156. The van der Waals surface area contributed by atoms with E-state index in [1.165, 1.54) is 23.0 Å². The number of carbonyl (C=O) groups excluding carboxylic acids is 5. The number of methoxy groups -OCH3 is 1. The monoisotopic (exact) mass is 885 g/mol. The van der Waals surface area contributed by atoms with Gasteiger partial charge in [0.15, 0.2) is 0 Å². The van der Waals surface area contributed by atoms with E-state index in [1.807, 2.05) is 24.4 Å². The normalized spacial score (nSPS) is 22.7. The van der Waals surface area contributed by atoms with Gasteiger partial charge in [0.2, 0.25) is 11.8 Å². The topological polar surface area (TPSA) is 176 Å². The Morgan fingerprint density at radius 1 is 1.09 bits per heavy atom. The summed E-state index contributed by atoms with van der Waals surface area (Å²) in [6.45, 7) is 14.9. The molecule has 15 heteroatoms. The number of nitrogens with one attached hydrogen (secondary N) is 2. The van der Waals surface area contributed by atoms with Crippen molar-refractivity contribution < 1.29 is 38.6 Å². The smallest absolute Gasteiger partial charge is 0.324 e. The number of cyclic esters (lactones) is 1. The predicted molar refractivity (Wildman–Crippen MR) is 245 cm³/mol. The molecule has 1 aliphatic carbocycles. The van der Waals surface area contributed by atoms with Gasteiger partial charge in [0.25, 0.3) is 11.8 Å². The number of ether oxygens (including phenoxy) is 2. The molecule has 2 aromatic heterocycles. The molecule has 0 radical (unpaired) electrons. The number of rotatable bonds is 7. The number of nitrogens with zero attached hydrogens (tertiary/aromatic N) is 5. The molecule has 2 saturated heterocycles. The molecule has 2 aromatic carbocycles. The number of aryl methyl sites for hydroxylation is 1. The fourth-order valence-electron chi connectivity index (χ4n) is 10.5. The van der Waals surface area contributed by atoms with Crippen molar-refractivity contribution in [3.05, 3.63) is 95.5 Å². The van der Waals surface area contributed by atoms with Gasteiger partial charge >= 0.3 is 5.97 Å². The molecule has 1 unspecified atom stereocenters. The van der Waals surface area contributed by atoms with Crippen molar-refractivity contribution in [1.29, 1.82) is 0 Å². The van der Waals surface area contributed by atoms with E-state index in [0.29, 0.717) is 49.1 Å². The van der Waals surface area contributed by atoms with Crippen molar-refractivity contribution in [3.8, 4) is 28.1 Å². The Bertz CT molecular complexity index is 2630. The number of likely N-dealkylation sites (N-methyl/N-ethyl adjacent to an activating group) is 1. The Balaban J connectivity index is 1.22. The molecular formula is C50H59N7O8. The maximum atomic E-state index is 14.7. The maximum absolute atomic E-state index is 14.7. The average molecular weight is 886 g/mol. The minimum atomic E-state index is -1.20. The predicted octanol–water partition coefficient (Wildman–Crippen LogP) is 5.77. The first-order chi connectivity index (χ1) is 31.1. The summed E-state index contributed by atoms with van der Waals surface area (Å²) in [6.07, 6.45) is 5.79. The lowest BCUT2D eigenvalue weighted by Crippen LogP contribution is -2.60. The third-order valence-electron chi connectivity index (χ3n) is 13.6. The van der Waals surface area contributed by atoms with E-state index in [0.717, 1.165) is 38.9 Å². The zero-order chi connectivity index (χ0) is 46.5.